The third-order valence-corrected chi connectivity index (χ3v) is 4.56. The van der Waals surface area contributed by atoms with E-state index in [1.165, 1.54) is 12.1 Å². The third kappa shape index (κ3) is 6.46. The van der Waals surface area contributed by atoms with E-state index >= 15 is 0 Å². The maximum absolute atomic E-state index is 12.5. The van der Waals surface area contributed by atoms with Crippen LogP contribution in [0.5, 0.6) is 0 Å². The number of hydrogen-bond donors (Lipinski definition) is 1. The third-order valence-electron chi connectivity index (χ3n) is 2.68. The predicted octanol–water partition coefficient (Wildman–Crippen LogP) is 2.39. The van der Waals surface area contributed by atoms with Crippen molar-refractivity contribution >= 4 is 15.7 Å². The molecule has 1 amide bonds. The molecular formula is C14H18F3NO3S. The highest BCUT2D eigenvalue weighted by Gasteiger charge is 2.30. The largest absolute Gasteiger partial charge is 0.416 e. The molecule has 1 N–H and O–H groups in total. The zero-order chi connectivity index (χ0) is 17.0. The van der Waals surface area contributed by atoms with Crippen LogP contribution in [-0.2, 0) is 27.4 Å². The summed E-state index contributed by atoms with van der Waals surface area (Å²) in [5.41, 5.74) is -0.559. The highest BCUT2D eigenvalue weighted by Crippen LogP contribution is 2.29. The Bertz CT molecular complexity index is 624. The SMILES string of the molecule is CC(C)CS(=O)(=O)CC(=O)NCc1cccc(C(F)(F)F)c1. The van der Waals surface area contributed by atoms with E-state index in [0.717, 1.165) is 12.1 Å². The zero-order valence-corrected chi connectivity index (χ0v) is 13.1. The van der Waals surface area contributed by atoms with Crippen molar-refractivity contribution in [3.63, 3.8) is 0 Å². The molecule has 0 spiro atoms. The van der Waals surface area contributed by atoms with Crippen molar-refractivity contribution in [2.45, 2.75) is 26.6 Å². The predicted molar refractivity (Wildman–Crippen MR) is 76.8 cm³/mol. The van der Waals surface area contributed by atoms with Gasteiger partial charge in [0.25, 0.3) is 0 Å². The summed E-state index contributed by atoms with van der Waals surface area (Å²) in [7, 11) is -3.51. The average Bonchev–Trinajstić information content (AvgIpc) is 2.33. The van der Waals surface area contributed by atoms with E-state index in [9.17, 15) is 26.4 Å². The highest BCUT2D eigenvalue weighted by atomic mass is 32.2. The van der Waals surface area contributed by atoms with Crippen LogP contribution in [0.2, 0.25) is 0 Å². The number of benzene rings is 1. The first-order valence-electron chi connectivity index (χ1n) is 6.63. The summed E-state index contributed by atoms with van der Waals surface area (Å²) < 4.78 is 60.9. The van der Waals surface area contributed by atoms with Gasteiger partial charge in [-0.3, -0.25) is 4.79 Å². The molecule has 0 heterocycles. The minimum atomic E-state index is -4.46. The fourth-order valence-electron chi connectivity index (χ4n) is 1.88. The first kappa shape index (κ1) is 18.5. The van der Waals surface area contributed by atoms with Crippen LogP contribution >= 0.6 is 0 Å². The lowest BCUT2D eigenvalue weighted by atomic mass is 10.1. The fraction of sp³-hybridized carbons (Fsp3) is 0.500. The minimum absolute atomic E-state index is 0.0960. The summed E-state index contributed by atoms with van der Waals surface area (Å²) in [6, 6.07) is 4.51. The molecule has 124 valence electrons. The molecular weight excluding hydrogens is 319 g/mol. The number of sulfone groups is 1. The molecule has 1 aromatic carbocycles. The standard InChI is InChI=1S/C14H18F3NO3S/c1-10(2)8-22(20,21)9-13(19)18-7-11-4-3-5-12(6-11)14(15,16)17/h3-6,10H,7-9H2,1-2H3,(H,18,19). The molecule has 0 aromatic heterocycles. The van der Waals surface area contributed by atoms with Gasteiger partial charge in [-0.1, -0.05) is 26.0 Å². The molecule has 8 heteroatoms. The maximum Gasteiger partial charge on any atom is 0.416 e. The van der Waals surface area contributed by atoms with Gasteiger partial charge < -0.3 is 5.32 Å². The average molecular weight is 337 g/mol. The lowest BCUT2D eigenvalue weighted by Gasteiger charge is -2.10. The molecule has 0 unspecified atom stereocenters. The highest BCUT2D eigenvalue weighted by molar-refractivity contribution is 7.92. The van der Waals surface area contributed by atoms with Gasteiger partial charge in [0.1, 0.15) is 5.75 Å². The molecule has 0 aliphatic heterocycles. The Morgan fingerprint density at radius 3 is 2.45 bits per heavy atom. The van der Waals surface area contributed by atoms with E-state index in [1.54, 1.807) is 13.8 Å². The summed E-state index contributed by atoms with van der Waals surface area (Å²) in [6.07, 6.45) is -4.46. The minimum Gasteiger partial charge on any atom is -0.351 e. The Kier molecular flexibility index (Phi) is 5.99. The summed E-state index contributed by atoms with van der Waals surface area (Å²) in [5.74, 6) is -1.59. The molecule has 0 aliphatic carbocycles. The van der Waals surface area contributed by atoms with E-state index in [1.807, 2.05) is 0 Å². The van der Waals surface area contributed by atoms with Crippen LogP contribution in [0, 0.1) is 5.92 Å². The Morgan fingerprint density at radius 2 is 1.91 bits per heavy atom. The van der Waals surface area contributed by atoms with Gasteiger partial charge in [0, 0.05) is 6.54 Å². The van der Waals surface area contributed by atoms with Gasteiger partial charge in [-0.05, 0) is 23.6 Å². The number of halogens is 3. The van der Waals surface area contributed by atoms with Crippen LogP contribution in [0.15, 0.2) is 24.3 Å². The topological polar surface area (TPSA) is 63.2 Å². The van der Waals surface area contributed by atoms with E-state index in [2.05, 4.69) is 5.32 Å². The van der Waals surface area contributed by atoms with Crippen molar-refractivity contribution in [3.8, 4) is 0 Å². The zero-order valence-electron chi connectivity index (χ0n) is 12.3. The molecule has 0 bridgehead atoms. The Morgan fingerprint density at radius 1 is 1.27 bits per heavy atom. The summed E-state index contributed by atoms with van der Waals surface area (Å²) in [4.78, 5) is 11.6. The molecule has 0 atom stereocenters. The van der Waals surface area contributed by atoms with Gasteiger partial charge in [0.2, 0.25) is 5.91 Å². The quantitative estimate of drug-likeness (QED) is 0.867. The Labute approximate surface area is 127 Å². The smallest absolute Gasteiger partial charge is 0.351 e. The molecule has 22 heavy (non-hydrogen) atoms. The molecule has 4 nitrogen and oxygen atoms in total. The van der Waals surface area contributed by atoms with Gasteiger partial charge in [-0.15, -0.1) is 0 Å². The van der Waals surface area contributed by atoms with Crippen LogP contribution in [0.25, 0.3) is 0 Å². The molecule has 0 saturated carbocycles. The Balaban J connectivity index is 2.62. The van der Waals surface area contributed by atoms with Crippen molar-refractivity contribution in [1.29, 1.82) is 0 Å². The molecule has 1 aromatic rings. The number of hydrogen-bond acceptors (Lipinski definition) is 3. The van der Waals surface area contributed by atoms with Gasteiger partial charge in [-0.2, -0.15) is 13.2 Å². The van der Waals surface area contributed by atoms with Gasteiger partial charge >= 0.3 is 6.18 Å². The van der Waals surface area contributed by atoms with Crippen LogP contribution in [-0.4, -0.2) is 25.8 Å². The summed E-state index contributed by atoms with van der Waals surface area (Å²) in [6.45, 7) is 3.29. The molecule has 0 fully saturated rings. The van der Waals surface area contributed by atoms with Crippen molar-refractivity contribution in [3.05, 3.63) is 35.4 Å². The van der Waals surface area contributed by atoms with Crippen molar-refractivity contribution < 1.29 is 26.4 Å². The van der Waals surface area contributed by atoms with E-state index in [4.69, 9.17) is 0 Å². The van der Waals surface area contributed by atoms with E-state index < -0.39 is 33.2 Å². The van der Waals surface area contributed by atoms with E-state index in [0.29, 0.717) is 0 Å². The second-order valence-corrected chi connectivity index (χ2v) is 7.53. The number of carbonyl (C=O) groups is 1. The van der Waals surface area contributed by atoms with Crippen molar-refractivity contribution in [2.75, 3.05) is 11.5 Å². The van der Waals surface area contributed by atoms with Gasteiger partial charge in [-0.25, -0.2) is 8.42 Å². The number of nitrogens with one attached hydrogen (secondary N) is 1. The summed E-state index contributed by atoms with van der Waals surface area (Å²) in [5, 5.41) is 2.32. The molecule has 1 rings (SSSR count). The lowest BCUT2D eigenvalue weighted by molar-refractivity contribution is -0.137. The van der Waals surface area contributed by atoms with Crippen molar-refractivity contribution in [1.82, 2.24) is 5.32 Å². The molecule has 0 saturated heterocycles. The number of alkyl halides is 3. The van der Waals surface area contributed by atoms with Gasteiger partial charge in [0.15, 0.2) is 9.84 Å². The molecule has 0 radical (unpaired) electrons. The van der Waals surface area contributed by atoms with Crippen LogP contribution in [0.1, 0.15) is 25.0 Å². The van der Waals surface area contributed by atoms with Crippen molar-refractivity contribution in [2.24, 2.45) is 5.92 Å². The number of rotatable bonds is 6. The number of carbonyl (C=O) groups excluding carboxylic acids is 1. The van der Waals surface area contributed by atoms with Crippen LogP contribution < -0.4 is 5.32 Å². The first-order valence-corrected chi connectivity index (χ1v) is 8.45. The fourth-order valence-corrected chi connectivity index (χ4v) is 3.51. The number of amides is 1. The normalized spacial score (nSPS) is 12.5. The second kappa shape index (κ2) is 7.13. The van der Waals surface area contributed by atoms with Gasteiger partial charge in [0.05, 0.1) is 11.3 Å². The first-order chi connectivity index (χ1) is 9.99. The van der Waals surface area contributed by atoms with Crippen LogP contribution in [0.4, 0.5) is 13.2 Å². The molecule has 0 aliphatic rings. The Hall–Kier alpha value is -1.57. The second-order valence-electron chi connectivity index (χ2n) is 5.42. The monoisotopic (exact) mass is 337 g/mol. The van der Waals surface area contributed by atoms with Crippen LogP contribution in [0.3, 0.4) is 0 Å². The maximum atomic E-state index is 12.5. The van der Waals surface area contributed by atoms with E-state index in [-0.39, 0.29) is 23.8 Å². The lowest BCUT2D eigenvalue weighted by Crippen LogP contribution is -2.31. The summed E-state index contributed by atoms with van der Waals surface area (Å²) >= 11 is 0.